The summed E-state index contributed by atoms with van der Waals surface area (Å²) < 4.78 is 2.03. The Morgan fingerprint density at radius 1 is 1.47 bits per heavy atom. The van der Waals surface area contributed by atoms with Gasteiger partial charge < -0.3 is 5.32 Å². The Labute approximate surface area is 101 Å². The standard InChI is InChI=1S/C12H18N4O/c1-9(2)15-6-10-3-4-13-16(10)8-12(7-15)5-11(17)14-12/h3-4,9H,5-8H2,1-2H3,(H,14,17). The van der Waals surface area contributed by atoms with Gasteiger partial charge in [0.25, 0.3) is 0 Å². The van der Waals surface area contributed by atoms with Crippen molar-refractivity contribution in [2.45, 2.75) is 44.9 Å². The molecule has 5 heteroatoms. The van der Waals surface area contributed by atoms with Gasteiger partial charge in [-0.05, 0) is 19.9 Å². The van der Waals surface area contributed by atoms with Gasteiger partial charge >= 0.3 is 0 Å². The highest BCUT2D eigenvalue weighted by atomic mass is 16.2. The third kappa shape index (κ3) is 1.74. The molecule has 1 atom stereocenters. The first-order chi connectivity index (χ1) is 8.08. The number of fused-ring (bicyclic) bond motifs is 1. The van der Waals surface area contributed by atoms with Crippen LogP contribution in [0.1, 0.15) is 26.0 Å². The molecule has 2 aliphatic rings. The van der Waals surface area contributed by atoms with Crippen molar-refractivity contribution >= 4 is 5.91 Å². The first-order valence-electron chi connectivity index (χ1n) is 6.14. The van der Waals surface area contributed by atoms with Crippen molar-refractivity contribution < 1.29 is 4.79 Å². The fourth-order valence-electron chi connectivity index (χ4n) is 2.77. The Bertz CT molecular complexity index is 443. The van der Waals surface area contributed by atoms with Crippen LogP contribution in [0.5, 0.6) is 0 Å². The van der Waals surface area contributed by atoms with Crippen molar-refractivity contribution in [1.29, 1.82) is 0 Å². The van der Waals surface area contributed by atoms with Crippen molar-refractivity contribution in [2.75, 3.05) is 6.54 Å². The first-order valence-corrected chi connectivity index (χ1v) is 6.14. The third-order valence-electron chi connectivity index (χ3n) is 3.76. The number of rotatable bonds is 1. The number of hydrogen-bond donors (Lipinski definition) is 1. The third-order valence-corrected chi connectivity index (χ3v) is 3.76. The van der Waals surface area contributed by atoms with Crippen LogP contribution in [0, 0.1) is 0 Å². The minimum Gasteiger partial charge on any atom is -0.347 e. The van der Waals surface area contributed by atoms with Crippen LogP contribution >= 0.6 is 0 Å². The van der Waals surface area contributed by atoms with Crippen LogP contribution < -0.4 is 5.32 Å². The van der Waals surface area contributed by atoms with Gasteiger partial charge in [-0.2, -0.15) is 5.10 Å². The van der Waals surface area contributed by atoms with E-state index >= 15 is 0 Å². The number of nitrogens with zero attached hydrogens (tertiary/aromatic N) is 3. The predicted molar refractivity (Wildman–Crippen MR) is 63.3 cm³/mol. The molecule has 1 fully saturated rings. The van der Waals surface area contributed by atoms with E-state index < -0.39 is 0 Å². The summed E-state index contributed by atoms with van der Waals surface area (Å²) in [5, 5.41) is 7.42. The van der Waals surface area contributed by atoms with E-state index in [1.807, 2.05) is 10.9 Å². The molecule has 0 bridgehead atoms. The zero-order chi connectivity index (χ0) is 12.0. The molecule has 1 N–H and O–H groups in total. The molecule has 3 rings (SSSR count). The summed E-state index contributed by atoms with van der Waals surface area (Å²) in [5.41, 5.74) is 1.13. The molecule has 17 heavy (non-hydrogen) atoms. The number of hydrogen-bond acceptors (Lipinski definition) is 3. The molecule has 1 aromatic rings. The monoisotopic (exact) mass is 234 g/mol. The number of aromatic nitrogens is 2. The SMILES string of the molecule is CC(C)N1Cc2ccnn2CC2(CC(=O)N2)C1. The fourth-order valence-corrected chi connectivity index (χ4v) is 2.77. The van der Waals surface area contributed by atoms with Gasteiger partial charge in [-0.15, -0.1) is 0 Å². The Balaban J connectivity index is 1.92. The highest BCUT2D eigenvalue weighted by Crippen LogP contribution is 2.28. The molecule has 1 saturated heterocycles. The Morgan fingerprint density at radius 3 is 2.88 bits per heavy atom. The zero-order valence-corrected chi connectivity index (χ0v) is 10.3. The van der Waals surface area contributed by atoms with Crippen LogP contribution in [0.3, 0.4) is 0 Å². The molecule has 5 nitrogen and oxygen atoms in total. The number of carbonyl (C=O) groups is 1. The molecular formula is C12H18N4O. The van der Waals surface area contributed by atoms with E-state index in [9.17, 15) is 4.79 Å². The Hall–Kier alpha value is -1.36. The Morgan fingerprint density at radius 2 is 2.24 bits per heavy atom. The van der Waals surface area contributed by atoms with Gasteiger partial charge in [-0.25, -0.2) is 0 Å². The highest BCUT2D eigenvalue weighted by Gasteiger charge is 2.46. The minimum absolute atomic E-state index is 0.0986. The second kappa shape index (κ2) is 3.57. The lowest BCUT2D eigenvalue weighted by Crippen LogP contribution is -2.67. The minimum atomic E-state index is -0.0986. The van der Waals surface area contributed by atoms with Gasteiger partial charge in [0, 0.05) is 25.3 Å². The van der Waals surface area contributed by atoms with Gasteiger partial charge in [0.1, 0.15) is 0 Å². The van der Waals surface area contributed by atoms with Crippen molar-refractivity contribution in [3.05, 3.63) is 18.0 Å². The number of carbonyl (C=O) groups excluding carboxylic acids is 1. The van der Waals surface area contributed by atoms with Crippen molar-refractivity contribution in [3.8, 4) is 0 Å². The number of amides is 1. The summed E-state index contributed by atoms with van der Waals surface area (Å²) in [6, 6.07) is 2.54. The van der Waals surface area contributed by atoms with Crippen LogP contribution in [-0.4, -0.2) is 38.7 Å². The van der Waals surface area contributed by atoms with E-state index in [2.05, 4.69) is 35.2 Å². The molecule has 3 heterocycles. The van der Waals surface area contributed by atoms with Crippen molar-refractivity contribution in [3.63, 3.8) is 0 Å². The summed E-state index contributed by atoms with van der Waals surface area (Å²) in [6.45, 7) is 7.01. The quantitative estimate of drug-likeness (QED) is 0.714. The summed E-state index contributed by atoms with van der Waals surface area (Å²) in [4.78, 5) is 13.7. The molecule has 0 aromatic carbocycles. The molecule has 2 aliphatic heterocycles. The lowest BCUT2D eigenvalue weighted by molar-refractivity contribution is -0.134. The normalized spacial score (nSPS) is 28.8. The second-order valence-electron chi connectivity index (χ2n) is 5.48. The molecule has 1 amide bonds. The summed E-state index contributed by atoms with van der Waals surface area (Å²) in [7, 11) is 0. The maximum absolute atomic E-state index is 11.3. The largest absolute Gasteiger partial charge is 0.347 e. The van der Waals surface area contributed by atoms with E-state index in [0.29, 0.717) is 12.5 Å². The highest BCUT2D eigenvalue weighted by molar-refractivity contribution is 5.84. The zero-order valence-electron chi connectivity index (χ0n) is 10.3. The van der Waals surface area contributed by atoms with Crippen LogP contribution in [0.2, 0.25) is 0 Å². The second-order valence-corrected chi connectivity index (χ2v) is 5.48. The molecule has 1 spiro atoms. The van der Waals surface area contributed by atoms with Crippen LogP contribution in [0.25, 0.3) is 0 Å². The van der Waals surface area contributed by atoms with Crippen LogP contribution in [0.4, 0.5) is 0 Å². The number of β-lactam (4-membered cyclic amide) rings is 1. The van der Waals surface area contributed by atoms with E-state index in [-0.39, 0.29) is 11.4 Å². The lowest BCUT2D eigenvalue weighted by atomic mass is 9.86. The van der Waals surface area contributed by atoms with E-state index in [0.717, 1.165) is 19.6 Å². The summed E-state index contributed by atoms with van der Waals surface area (Å²) in [6.07, 6.45) is 2.46. The van der Waals surface area contributed by atoms with Crippen molar-refractivity contribution in [1.82, 2.24) is 20.0 Å². The van der Waals surface area contributed by atoms with Crippen LogP contribution in [-0.2, 0) is 17.9 Å². The number of nitrogens with one attached hydrogen (secondary N) is 1. The van der Waals surface area contributed by atoms with E-state index in [1.54, 1.807) is 0 Å². The maximum Gasteiger partial charge on any atom is 0.223 e. The molecule has 92 valence electrons. The molecule has 0 radical (unpaired) electrons. The molecule has 1 unspecified atom stereocenters. The Kier molecular flexibility index (Phi) is 2.26. The van der Waals surface area contributed by atoms with Gasteiger partial charge in [-0.3, -0.25) is 14.4 Å². The van der Waals surface area contributed by atoms with Crippen LogP contribution in [0.15, 0.2) is 12.3 Å². The average Bonchev–Trinajstić information content (AvgIpc) is 2.56. The van der Waals surface area contributed by atoms with Gasteiger partial charge in [0.05, 0.1) is 24.2 Å². The average molecular weight is 234 g/mol. The van der Waals surface area contributed by atoms with Gasteiger partial charge in [0.2, 0.25) is 5.91 Å². The van der Waals surface area contributed by atoms with E-state index in [4.69, 9.17) is 0 Å². The smallest absolute Gasteiger partial charge is 0.223 e. The molecular weight excluding hydrogens is 216 g/mol. The summed E-state index contributed by atoms with van der Waals surface area (Å²) >= 11 is 0. The van der Waals surface area contributed by atoms with Gasteiger partial charge in [-0.1, -0.05) is 0 Å². The lowest BCUT2D eigenvalue weighted by Gasteiger charge is -2.44. The predicted octanol–water partition coefficient (Wildman–Crippen LogP) is 0.366. The molecule has 0 saturated carbocycles. The maximum atomic E-state index is 11.3. The molecule has 1 aromatic heterocycles. The van der Waals surface area contributed by atoms with E-state index in [1.165, 1.54) is 5.69 Å². The first kappa shape index (κ1) is 10.8. The fraction of sp³-hybridized carbons (Fsp3) is 0.667. The van der Waals surface area contributed by atoms with Crippen molar-refractivity contribution in [2.24, 2.45) is 0 Å². The van der Waals surface area contributed by atoms with Gasteiger partial charge in [0.15, 0.2) is 0 Å². The molecule has 0 aliphatic carbocycles. The summed E-state index contributed by atoms with van der Waals surface area (Å²) in [5.74, 6) is 0.157. The topological polar surface area (TPSA) is 50.2 Å².